The second-order valence-electron chi connectivity index (χ2n) is 6.21. The summed E-state index contributed by atoms with van der Waals surface area (Å²) in [6, 6.07) is 0.193. The van der Waals surface area contributed by atoms with Crippen LogP contribution >= 0.6 is 0 Å². The van der Waals surface area contributed by atoms with E-state index in [1.807, 2.05) is 4.90 Å². The number of carbonyl (C=O) groups excluding carboxylic acids is 1. The van der Waals surface area contributed by atoms with Crippen LogP contribution in [0.5, 0.6) is 0 Å². The fraction of sp³-hybridized carbons (Fsp3) is 0.917. The second-order valence-corrected chi connectivity index (χ2v) is 6.21. The van der Waals surface area contributed by atoms with E-state index >= 15 is 0 Å². The summed E-state index contributed by atoms with van der Waals surface area (Å²) >= 11 is 0. The number of rotatable bonds is 1. The Hall–Kier alpha value is -0.570. The molecule has 2 fully saturated rings. The van der Waals surface area contributed by atoms with Crippen molar-refractivity contribution < 1.29 is 4.79 Å². The first-order chi connectivity index (χ1) is 6.78. The number of amides is 1. The molecule has 2 N–H and O–H groups in total. The Morgan fingerprint density at radius 3 is 2.13 bits per heavy atom. The van der Waals surface area contributed by atoms with E-state index in [9.17, 15) is 4.79 Å². The highest BCUT2D eigenvalue weighted by atomic mass is 16.2. The lowest BCUT2D eigenvalue weighted by molar-refractivity contribution is -0.132. The zero-order valence-corrected chi connectivity index (χ0v) is 10.2. The quantitative estimate of drug-likeness (QED) is 0.707. The lowest BCUT2D eigenvalue weighted by Gasteiger charge is -2.16. The van der Waals surface area contributed by atoms with Gasteiger partial charge in [0, 0.05) is 25.0 Å². The molecule has 1 heterocycles. The van der Waals surface area contributed by atoms with E-state index in [0.29, 0.717) is 5.91 Å². The molecule has 0 unspecified atom stereocenters. The van der Waals surface area contributed by atoms with Gasteiger partial charge in [-0.3, -0.25) is 4.79 Å². The Morgan fingerprint density at radius 2 is 1.80 bits per heavy atom. The van der Waals surface area contributed by atoms with Crippen LogP contribution in [0.4, 0.5) is 0 Å². The molecule has 1 saturated heterocycles. The van der Waals surface area contributed by atoms with Gasteiger partial charge < -0.3 is 10.6 Å². The number of hydrogen-bond acceptors (Lipinski definition) is 2. The molecule has 0 bridgehead atoms. The van der Waals surface area contributed by atoms with Crippen molar-refractivity contribution in [3.05, 3.63) is 0 Å². The van der Waals surface area contributed by atoms with E-state index in [1.165, 1.54) is 0 Å². The van der Waals surface area contributed by atoms with Gasteiger partial charge in [0.1, 0.15) is 0 Å². The maximum atomic E-state index is 12.3. The molecule has 1 atom stereocenters. The van der Waals surface area contributed by atoms with Gasteiger partial charge in [0.25, 0.3) is 0 Å². The summed E-state index contributed by atoms with van der Waals surface area (Å²) in [4.78, 5) is 14.2. The molecular weight excluding hydrogens is 188 g/mol. The standard InChI is InChI=1S/C12H22N2O/c1-11(2)9(12(11,3)4)10(15)14-6-5-8(13)7-14/h8-9H,5-7,13H2,1-4H3/t8-/m0/s1. The van der Waals surface area contributed by atoms with Crippen LogP contribution in [0.1, 0.15) is 34.1 Å². The lowest BCUT2D eigenvalue weighted by Crippen LogP contribution is -2.34. The van der Waals surface area contributed by atoms with Crippen LogP contribution in [0, 0.1) is 16.7 Å². The molecule has 2 aliphatic rings. The topological polar surface area (TPSA) is 46.3 Å². The first kappa shape index (κ1) is 10.9. The predicted octanol–water partition coefficient (Wildman–Crippen LogP) is 1.23. The highest BCUT2D eigenvalue weighted by Crippen LogP contribution is 2.68. The van der Waals surface area contributed by atoms with Crippen LogP contribution in [0.2, 0.25) is 0 Å². The van der Waals surface area contributed by atoms with E-state index in [-0.39, 0.29) is 22.8 Å². The third-order valence-electron chi connectivity index (χ3n) is 4.80. The summed E-state index contributed by atoms with van der Waals surface area (Å²) in [7, 11) is 0. The van der Waals surface area contributed by atoms with Crippen LogP contribution in [0.25, 0.3) is 0 Å². The van der Waals surface area contributed by atoms with Gasteiger partial charge in [-0.15, -0.1) is 0 Å². The number of nitrogens with zero attached hydrogens (tertiary/aromatic N) is 1. The van der Waals surface area contributed by atoms with Gasteiger partial charge in [0.2, 0.25) is 5.91 Å². The molecule has 1 amide bonds. The zero-order valence-electron chi connectivity index (χ0n) is 10.2. The van der Waals surface area contributed by atoms with Gasteiger partial charge in [-0.25, -0.2) is 0 Å². The minimum atomic E-state index is 0.150. The number of hydrogen-bond donors (Lipinski definition) is 1. The summed E-state index contributed by atoms with van der Waals surface area (Å²) in [6.07, 6.45) is 0.958. The van der Waals surface area contributed by atoms with E-state index in [0.717, 1.165) is 19.5 Å². The fourth-order valence-corrected chi connectivity index (χ4v) is 2.98. The molecule has 86 valence electrons. The average molecular weight is 210 g/mol. The fourth-order valence-electron chi connectivity index (χ4n) is 2.98. The van der Waals surface area contributed by atoms with Crippen molar-refractivity contribution in [2.75, 3.05) is 13.1 Å². The largest absolute Gasteiger partial charge is 0.341 e. The molecule has 2 rings (SSSR count). The summed E-state index contributed by atoms with van der Waals surface area (Å²) in [5, 5.41) is 0. The van der Waals surface area contributed by atoms with Crippen molar-refractivity contribution in [2.45, 2.75) is 40.2 Å². The van der Waals surface area contributed by atoms with Crippen molar-refractivity contribution in [3.63, 3.8) is 0 Å². The molecule has 3 heteroatoms. The summed E-state index contributed by atoms with van der Waals surface area (Å²) < 4.78 is 0. The first-order valence-corrected chi connectivity index (χ1v) is 5.83. The Labute approximate surface area is 92.0 Å². The Morgan fingerprint density at radius 1 is 1.27 bits per heavy atom. The monoisotopic (exact) mass is 210 g/mol. The number of nitrogens with two attached hydrogens (primary N) is 1. The summed E-state index contributed by atoms with van der Waals surface area (Å²) in [5.74, 6) is 0.508. The van der Waals surface area contributed by atoms with Gasteiger partial charge in [-0.05, 0) is 17.3 Å². The predicted molar refractivity (Wildman–Crippen MR) is 60.2 cm³/mol. The molecule has 1 aliphatic heterocycles. The van der Waals surface area contributed by atoms with Gasteiger partial charge >= 0.3 is 0 Å². The van der Waals surface area contributed by atoms with Crippen LogP contribution < -0.4 is 5.73 Å². The highest BCUT2D eigenvalue weighted by Gasteiger charge is 2.68. The van der Waals surface area contributed by atoms with E-state index in [1.54, 1.807) is 0 Å². The summed E-state index contributed by atoms with van der Waals surface area (Å²) in [5.41, 5.74) is 6.12. The molecule has 1 saturated carbocycles. The minimum Gasteiger partial charge on any atom is -0.341 e. The number of likely N-dealkylation sites (tertiary alicyclic amines) is 1. The molecule has 15 heavy (non-hydrogen) atoms. The van der Waals surface area contributed by atoms with Gasteiger partial charge in [0.15, 0.2) is 0 Å². The van der Waals surface area contributed by atoms with Crippen molar-refractivity contribution in [1.82, 2.24) is 4.90 Å². The van der Waals surface area contributed by atoms with Crippen LogP contribution in [-0.4, -0.2) is 29.9 Å². The zero-order chi connectivity index (χ0) is 11.4. The smallest absolute Gasteiger partial charge is 0.226 e. The minimum absolute atomic E-state index is 0.150. The Bertz CT molecular complexity index is 282. The highest BCUT2D eigenvalue weighted by molar-refractivity contribution is 5.84. The van der Waals surface area contributed by atoms with Gasteiger partial charge in [-0.2, -0.15) is 0 Å². The Kier molecular flexibility index (Phi) is 2.16. The molecule has 3 nitrogen and oxygen atoms in total. The van der Waals surface area contributed by atoms with Crippen molar-refractivity contribution in [1.29, 1.82) is 0 Å². The SMILES string of the molecule is CC1(C)C(C(=O)N2CC[C@H](N)C2)C1(C)C. The molecular formula is C12H22N2O. The van der Waals surface area contributed by atoms with Crippen molar-refractivity contribution in [2.24, 2.45) is 22.5 Å². The second kappa shape index (κ2) is 2.97. The van der Waals surface area contributed by atoms with Crippen molar-refractivity contribution >= 4 is 5.91 Å². The Balaban J connectivity index is 2.05. The molecule has 1 aliphatic carbocycles. The molecule has 0 aromatic heterocycles. The molecule has 0 spiro atoms. The third kappa shape index (κ3) is 1.40. The van der Waals surface area contributed by atoms with Crippen LogP contribution in [-0.2, 0) is 4.79 Å². The van der Waals surface area contributed by atoms with Gasteiger partial charge in [0.05, 0.1) is 0 Å². The van der Waals surface area contributed by atoms with Crippen LogP contribution in [0.15, 0.2) is 0 Å². The molecule has 0 aromatic rings. The molecule has 0 radical (unpaired) electrons. The number of carbonyl (C=O) groups is 1. The molecule has 0 aromatic carbocycles. The maximum absolute atomic E-state index is 12.3. The maximum Gasteiger partial charge on any atom is 0.226 e. The van der Waals surface area contributed by atoms with E-state index in [2.05, 4.69) is 27.7 Å². The van der Waals surface area contributed by atoms with Crippen molar-refractivity contribution in [3.8, 4) is 0 Å². The average Bonchev–Trinajstić information content (AvgIpc) is 2.49. The third-order valence-corrected chi connectivity index (χ3v) is 4.80. The van der Waals surface area contributed by atoms with Gasteiger partial charge in [-0.1, -0.05) is 27.7 Å². The lowest BCUT2D eigenvalue weighted by atomic mass is 10.0. The summed E-state index contributed by atoms with van der Waals surface area (Å²) in [6.45, 7) is 10.3. The van der Waals surface area contributed by atoms with E-state index < -0.39 is 0 Å². The first-order valence-electron chi connectivity index (χ1n) is 5.83. The van der Waals surface area contributed by atoms with E-state index in [4.69, 9.17) is 5.73 Å². The normalized spacial score (nSPS) is 33.1. The van der Waals surface area contributed by atoms with Crippen LogP contribution in [0.3, 0.4) is 0 Å².